The number of anilines is 1. The van der Waals surface area contributed by atoms with Crippen molar-refractivity contribution in [2.75, 3.05) is 25.1 Å². The highest BCUT2D eigenvalue weighted by atomic mass is 16.6. The Morgan fingerprint density at radius 3 is 2.70 bits per heavy atom. The number of nitro benzene ring substituents is 1. The summed E-state index contributed by atoms with van der Waals surface area (Å²) in [7, 11) is 0. The molecule has 1 aromatic rings. The number of likely N-dealkylation sites (tertiary alicyclic amines) is 1. The number of hydrogen-bond acceptors (Lipinski definition) is 6. The maximum atomic E-state index is 11.0. The minimum Gasteiger partial charge on any atom is -0.396 e. The first-order valence-corrected chi connectivity index (χ1v) is 6.71. The average molecular weight is 280 g/mol. The van der Waals surface area contributed by atoms with Crippen LogP contribution in [0.3, 0.4) is 0 Å². The lowest BCUT2D eigenvalue weighted by atomic mass is 9.97. The molecule has 0 bridgehead atoms. The molecule has 0 saturated carbocycles. The van der Waals surface area contributed by atoms with Crippen molar-refractivity contribution < 1.29 is 10.0 Å². The van der Waals surface area contributed by atoms with E-state index in [1.165, 1.54) is 0 Å². The van der Waals surface area contributed by atoms with Crippen LogP contribution >= 0.6 is 0 Å². The summed E-state index contributed by atoms with van der Waals surface area (Å²) in [4.78, 5) is 12.8. The first-order chi connectivity index (χ1) is 9.63. The van der Waals surface area contributed by atoms with Gasteiger partial charge in [0.15, 0.2) is 0 Å². The van der Waals surface area contributed by atoms with Crippen molar-refractivity contribution in [1.82, 2.24) is 4.90 Å². The van der Waals surface area contributed by atoms with Crippen LogP contribution in [-0.2, 0) is 6.54 Å². The number of aliphatic hydroxyl groups is 1. The normalized spacial score (nSPS) is 17.1. The van der Waals surface area contributed by atoms with Crippen LogP contribution in [0.4, 0.5) is 11.4 Å². The van der Waals surface area contributed by atoms with Gasteiger partial charge in [-0.05, 0) is 43.5 Å². The number of aliphatic hydroxyl groups excluding tert-OH is 1. The van der Waals surface area contributed by atoms with Crippen molar-refractivity contribution >= 4 is 11.4 Å². The topological polar surface area (TPSA) is 105 Å². The van der Waals surface area contributed by atoms with Crippen LogP contribution in [0.1, 0.15) is 18.4 Å². The van der Waals surface area contributed by atoms with E-state index in [9.17, 15) is 10.1 Å². The van der Waals surface area contributed by atoms with E-state index in [4.69, 9.17) is 10.9 Å². The van der Waals surface area contributed by atoms with Crippen molar-refractivity contribution in [2.45, 2.75) is 19.4 Å². The second kappa shape index (κ2) is 6.65. The van der Waals surface area contributed by atoms with Gasteiger partial charge in [-0.3, -0.25) is 20.9 Å². The zero-order valence-corrected chi connectivity index (χ0v) is 11.3. The number of hydrazine groups is 1. The molecule has 20 heavy (non-hydrogen) atoms. The van der Waals surface area contributed by atoms with E-state index in [2.05, 4.69) is 10.3 Å². The lowest BCUT2D eigenvalue weighted by Gasteiger charge is -2.31. The summed E-state index contributed by atoms with van der Waals surface area (Å²) in [5.41, 5.74) is 3.55. The first kappa shape index (κ1) is 14.7. The number of nitro groups is 1. The molecule has 0 radical (unpaired) electrons. The third-order valence-electron chi connectivity index (χ3n) is 3.79. The average Bonchev–Trinajstić information content (AvgIpc) is 2.48. The monoisotopic (exact) mass is 280 g/mol. The molecule has 1 fully saturated rings. The number of nitrogen functional groups attached to an aromatic ring is 1. The Morgan fingerprint density at radius 2 is 2.15 bits per heavy atom. The summed E-state index contributed by atoms with van der Waals surface area (Å²) in [6.07, 6.45) is 1.95. The van der Waals surface area contributed by atoms with Gasteiger partial charge in [0.25, 0.3) is 5.69 Å². The Morgan fingerprint density at radius 1 is 1.45 bits per heavy atom. The van der Waals surface area contributed by atoms with Gasteiger partial charge in [0.1, 0.15) is 5.69 Å². The highest BCUT2D eigenvalue weighted by Crippen LogP contribution is 2.26. The van der Waals surface area contributed by atoms with Crippen molar-refractivity contribution in [3.63, 3.8) is 0 Å². The molecule has 2 rings (SSSR count). The quantitative estimate of drug-likeness (QED) is 0.423. The van der Waals surface area contributed by atoms with E-state index in [1.54, 1.807) is 12.1 Å². The van der Waals surface area contributed by atoms with Crippen LogP contribution in [0.25, 0.3) is 0 Å². The molecular formula is C13H20N4O3. The summed E-state index contributed by atoms with van der Waals surface area (Å²) in [5, 5.41) is 20.1. The number of nitrogens with zero attached hydrogens (tertiary/aromatic N) is 2. The summed E-state index contributed by atoms with van der Waals surface area (Å²) in [6, 6.07) is 5.04. The third-order valence-corrected chi connectivity index (χ3v) is 3.79. The Hall–Kier alpha value is -1.70. The van der Waals surface area contributed by atoms with E-state index in [0.717, 1.165) is 31.5 Å². The van der Waals surface area contributed by atoms with E-state index < -0.39 is 4.92 Å². The molecule has 0 spiro atoms. The van der Waals surface area contributed by atoms with Crippen LogP contribution < -0.4 is 11.3 Å². The molecule has 0 atom stereocenters. The van der Waals surface area contributed by atoms with Crippen LogP contribution in [0.15, 0.2) is 18.2 Å². The zero-order valence-electron chi connectivity index (χ0n) is 11.3. The van der Waals surface area contributed by atoms with Gasteiger partial charge in [-0.15, -0.1) is 0 Å². The maximum absolute atomic E-state index is 11.0. The SMILES string of the molecule is NNc1ccc(CN2CCC(CO)CC2)cc1[N+](=O)[O-]. The van der Waals surface area contributed by atoms with Gasteiger partial charge in [-0.25, -0.2) is 0 Å². The minimum absolute atomic E-state index is 0.00440. The van der Waals surface area contributed by atoms with E-state index >= 15 is 0 Å². The number of nitrogens with two attached hydrogens (primary N) is 1. The number of benzene rings is 1. The predicted octanol–water partition coefficient (Wildman–Crippen LogP) is 1.08. The lowest BCUT2D eigenvalue weighted by Crippen LogP contribution is -2.34. The van der Waals surface area contributed by atoms with Gasteiger partial charge in [-0.1, -0.05) is 6.07 Å². The summed E-state index contributed by atoms with van der Waals surface area (Å²) in [6.45, 7) is 2.76. The molecule has 7 nitrogen and oxygen atoms in total. The molecule has 1 saturated heterocycles. The van der Waals surface area contributed by atoms with Gasteiger partial charge in [0.2, 0.25) is 0 Å². The van der Waals surface area contributed by atoms with Gasteiger partial charge in [-0.2, -0.15) is 0 Å². The van der Waals surface area contributed by atoms with E-state index in [-0.39, 0.29) is 12.3 Å². The summed E-state index contributed by atoms with van der Waals surface area (Å²) in [5.74, 6) is 5.66. The molecule has 1 aromatic carbocycles. The molecule has 0 amide bonds. The summed E-state index contributed by atoms with van der Waals surface area (Å²) >= 11 is 0. The third kappa shape index (κ3) is 3.44. The van der Waals surface area contributed by atoms with Crippen molar-refractivity contribution in [3.8, 4) is 0 Å². The fraction of sp³-hybridized carbons (Fsp3) is 0.538. The standard InChI is InChI=1S/C13H20N4O3/c14-15-12-2-1-11(7-13(12)17(19)20)8-16-5-3-10(9-18)4-6-16/h1-2,7,10,15,18H,3-6,8-9,14H2. The molecule has 1 heterocycles. The van der Waals surface area contributed by atoms with Crippen LogP contribution in [0.5, 0.6) is 0 Å². The van der Waals surface area contributed by atoms with Gasteiger partial charge in [0.05, 0.1) is 4.92 Å². The molecule has 0 aliphatic carbocycles. The Kier molecular flexibility index (Phi) is 4.89. The molecule has 1 aliphatic rings. The summed E-state index contributed by atoms with van der Waals surface area (Å²) < 4.78 is 0. The van der Waals surface area contributed by atoms with Crippen molar-refractivity contribution in [1.29, 1.82) is 0 Å². The number of piperidine rings is 1. The lowest BCUT2D eigenvalue weighted by molar-refractivity contribution is -0.384. The highest BCUT2D eigenvalue weighted by Gasteiger charge is 2.20. The Balaban J connectivity index is 2.03. The van der Waals surface area contributed by atoms with E-state index in [0.29, 0.717) is 18.2 Å². The highest BCUT2D eigenvalue weighted by molar-refractivity contribution is 5.61. The second-order valence-corrected chi connectivity index (χ2v) is 5.16. The Bertz CT molecular complexity index is 473. The fourth-order valence-corrected chi connectivity index (χ4v) is 2.53. The second-order valence-electron chi connectivity index (χ2n) is 5.16. The van der Waals surface area contributed by atoms with Gasteiger partial charge < -0.3 is 10.5 Å². The van der Waals surface area contributed by atoms with Crippen LogP contribution in [0, 0.1) is 16.0 Å². The number of nitrogens with one attached hydrogen (secondary N) is 1. The number of rotatable bonds is 5. The van der Waals surface area contributed by atoms with Crippen molar-refractivity contribution in [3.05, 3.63) is 33.9 Å². The largest absolute Gasteiger partial charge is 0.396 e. The van der Waals surface area contributed by atoms with Gasteiger partial charge >= 0.3 is 0 Å². The predicted molar refractivity (Wildman–Crippen MR) is 76.0 cm³/mol. The first-order valence-electron chi connectivity index (χ1n) is 6.71. The minimum atomic E-state index is -0.434. The molecule has 4 N–H and O–H groups in total. The smallest absolute Gasteiger partial charge is 0.293 e. The molecule has 7 heteroatoms. The van der Waals surface area contributed by atoms with Crippen LogP contribution in [-0.4, -0.2) is 34.6 Å². The molecule has 0 aromatic heterocycles. The van der Waals surface area contributed by atoms with Crippen LogP contribution in [0.2, 0.25) is 0 Å². The molecule has 110 valence electrons. The zero-order chi connectivity index (χ0) is 14.5. The fourth-order valence-electron chi connectivity index (χ4n) is 2.53. The molecule has 1 aliphatic heterocycles. The molecule has 0 unspecified atom stereocenters. The molecular weight excluding hydrogens is 260 g/mol. The van der Waals surface area contributed by atoms with Crippen molar-refractivity contribution in [2.24, 2.45) is 11.8 Å². The van der Waals surface area contributed by atoms with Gasteiger partial charge in [0, 0.05) is 19.2 Å². The maximum Gasteiger partial charge on any atom is 0.293 e. The number of hydrogen-bond donors (Lipinski definition) is 3. The Labute approximate surface area is 117 Å². The van der Waals surface area contributed by atoms with E-state index in [1.807, 2.05) is 6.07 Å².